The number of hydrogen-bond acceptors (Lipinski definition) is 4. The minimum atomic E-state index is 0.386. The van der Waals surface area contributed by atoms with Gasteiger partial charge in [0.15, 0.2) is 0 Å². The second kappa shape index (κ2) is 4.12. The van der Waals surface area contributed by atoms with Crippen molar-refractivity contribution < 1.29 is 9.47 Å². The fourth-order valence-corrected chi connectivity index (χ4v) is 0.622. The van der Waals surface area contributed by atoms with E-state index in [9.17, 15) is 0 Å². The molecule has 0 saturated heterocycles. The maximum atomic E-state index is 4.89. The van der Waals surface area contributed by atoms with Gasteiger partial charge in [0.05, 0.1) is 18.6 Å². The predicted molar refractivity (Wildman–Crippen MR) is 43.7 cm³/mol. The number of nitrogens with zero attached hydrogens (tertiary/aromatic N) is 2. The molecule has 0 spiro atoms. The lowest BCUT2D eigenvalue weighted by atomic mass is 10.6. The smallest absolute Gasteiger partial charge is 0.225 e. The Labute approximate surface area is 70.2 Å². The van der Waals surface area contributed by atoms with Crippen molar-refractivity contribution >= 4 is 0 Å². The normalized spacial score (nSPS) is 8.67. The summed E-state index contributed by atoms with van der Waals surface area (Å²) in [6, 6.07) is 1.53. The highest BCUT2D eigenvalue weighted by atomic mass is 16.5. The topological polar surface area (TPSA) is 44.2 Å². The van der Waals surface area contributed by atoms with Crippen LogP contribution >= 0.6 is 0 Å². The summed E-state index contributed by atoms with van der Waals surface area (Å²) in [7, 11) is 0. The van der Waals surface area contributed by atoms with Crippen molar-refractivity contribution in [2.24, 2.45) is 0 Å². The zero-order valence-corrected chi connectivity index (χ0v) is 6.43. The Balaban J connectivity index is 2.79. The molecule has 0 fully saturated rings. The van der Waals surface area contributed by atoms with Gasteiger partial charge in [-0.1, -0.05) is 13.2 Å². The lowest BCUT2D eigenvalue weighted by Gasteiger charge is -1.99. The van der Waals surface area contributed by atoms with Gasteiger partial charge in [-0.05, 0) is 0 Å². The standard InChI is InChI=1S/C8H8N2O2/c1-3-11-7-5-8(12-4-2)10-6-9-7/h3-6H,1-2H2. The van der Waals surface area contributed by atoms with Gasteiger partial charge in [-0.15, -0.1) is 0 Å². The molecule has 0 amide bonds. The monoisotopic (exact) mass is 164 g/mol. The Morgan fingerprint density at radius 1 is 1.08 bits per heavy atom. The van der Waals surface area contributed by atoms with Crippen LogP contribution in [-0.4, -0.2) is 9.97 Å². The molecule has 12 heavy (non-hydrogen) atoms. The van der Waals surface area contributed by atoms with Crippen molar-refractivity contribution in [2.45, 2.75) is 0 Å². The molecule has 0 aromatic carbocycles. The highest BCUT2D eigenvalue weighted by molar-refractivity contribution is 5.19. The summed E-state index contributed by atoms with van der Waals surface area (Å²) in [6.45, 7) is 6.78. The lowest BCUT2D eigenvalue weighted by Crippen LogP contribution is -1.90. The van der Waals surface area contributed by atoms with E-state index < -0.39 is 0 Å². The van der Waals surface area contributed by atoms with Gasteiger partial charge in [-0.3, -0.25) is 0 Å². The van der Waals surface area contributed by atoms with E-state index >= 15 is 0 Å². The molecule has 0 aliphatic rings. The summed E-state index contributed by atoms with van der Waals surface area (Å²) in [4.78, 5) is 7.58. The van der Waals surface area contributed by atoms with Crippen LogP contribution in [0.2, 0.25) is 0 Å². The minimum absolute atomic E-state index is 0.386. The SMILES string of the molecule is C=COc1cc(OC=C)ncn1. The van der Waals surface area contributed by atoms with Crippen molar-refractivity contribution in [1.29, 1.82) is 0 Å². The Morgan fingerprint density at radius 3 is 2.00 bits per heavy atom. The summed E-state index contributed by atoms with van der Waals surface area (Å²) < 4.78 is 9.78. The highest BCUT2D eigenvalue weighted by Crippen LogP contribution is 2.12. The molecule has 1 aromatic heterocycles. The zero-order chi connectivity index (χ0) is 8.81. The maximum absolute atomic E-state index is 4.89. The quantitative estimate of drug-likeness (QED) is 0.633. The van der Waals surface area contributed by atoms with Crippen molar-refractivity contribution in [1.82, 2.24) is 9.97 Å². The lowest BCUT2D eigenvalue weighted by molar-refractivity contribution is 0.433. The van der Waals surface area contributed by atoms with Gasteiger partial charge >= 0.3 is 0 Å². The molecular weight excluding hydrogens is 156 g/mol. The van der Waals surface area contributed by atoms with Crippen LogP contribution in [0, 0.1) is 0 Å². The van der Waals surface area contributed by atoms with E-state index in [1.54, 1.807) is 0 Å². The highest BCUT2D eigenvalue weighted by Gasteiger charge is 1.96. The molecule has 0 bridgehead atoms. The molecule has 0 unspecified atom stereocenters. The third-order valence-electron chi connectivity index (χ3n) is 1.03. The Hall–Kier alpha value is -1.84. The van der Waals surface area contributed by atoms with Crippen molar-refractivity contribution in [3.63, 3.8) is 0 Å². The van der Waals surface area contributed by atoms with Crippen molar-refractivity contribution in [2.75, 3.05) is 0 Å². The largest absolute Gasteiger partial charge is 0.447 e. The van der Waals surface area contributed by atoms with Crippen molar-refractivity contribution in [3.05, 3.63) is 38.1 Å². The van der Waals surface area contributed by atoms with E-state index in [0.29, 0.717) is 11.8 Å². The van der Waals surface area contributed by atoms with E-state index in [1.807, 2.05) is 0 Å². The van der Waals surface area contributed by atoms with Gasteiger partial charge in [0.25, 0.3) is 0 Å². The van der Waals surface area contributed by atoms with E-state index in [4.69, 9.17) is 9.47 Å². The van der Waals surface area contributed by atoms with Crippen LogP contribution in [0.3, 0.4) is 0 Å². The summed E-state index contributed by atoms with van der Waals surface area (Å²) >= 11 is 0. The van der Waals surface area contributed by atoms with Crippen LogP contribution in [-0.2, 0) is 0 Å². The maximum Gasteiger partial charge on any atom is 0.225 e. The second-order valence-electron chi connectivity index (χ2n) is 1.76. The fourth-order valence-electron chi connectivity index (χ4n) is 0.622. The second-order valence-corrected chi connectivity index (χ2v) is 1.76. The molecule has 4 heteroatoms. The first-order valence-electron chi connectivity index (χ1n) is 3.24. The third-order valence-corrected chi connectivity index (χ3v) is 1.03. The Kier molecular flexibility index (Phi) is 2.84. The Bertz CT molecular complexity index is 261. The number of ether oxygens (including phenoxy) is 2. The average Bonchev–Trinajstić information content (AvgIpc) is 2.06. The van der Waals surface area contributed by atoms with E-state index in [-0.39, 0.29) is 0 Å². The van der Waals surface area contributed by atoms with Crippen LogP contribution < -0.4 is 9.47 Å². The van der Waals surface area contributed by atoms with Gasteiger partial charge in [0.1, 0.15) is 6.33 Å². The average molecular weight is 164 g/mol. The third kappa shape index (κ3) is 2.09. The molecule has 0 aliphatic heterocycles. The van der Waals surface area contributed by atoms with Crippen LogP contribution in [0.1, 0.15) is 0 Å². The van der Waals surface area contributed by atoms with E-state index in [1.165, 1.54) is 24.9 Å². The number of hydrogen-bond donors (Lipinski definition) is 0. The molecule has 1 rings (SSSR count). The number of rotatable bonds is 4. The van der Waals surface area contributed by atoms with Crippen LogP contribution in [0.25, 0.3) is 0 Å². The van der Waals surface area contributed by atoms with Crippen molar-refractivity contribution in [3.8, 4) is 11.8 Å². The molecule has 4 nitrogen and oxygen atoms in total. The molecule has 1 heterocycles. The van der Waals surface area contributed by atoms with Crippen LogP contribution in [0.5, 0.6) is 11.8 Å². The first-order chi connectivity index (χ1) is 5.86. The van der Waals surface area contributed by atoms with Crippen LogP contribution in [0.4, 0.5) is 0 Å². The summed E-state index contributed by atoms with van der Waals surface area (Å²) in [5.74, 6) is 0.772. The molecule has 1 aromatic rings. The van der Waals surface area contributed by atoms with Gasteiger partial charge in [0.2, 0.25) is 11.8 Å². The fraction of sp³-hybridized carbons (Fsp3) is 0. The van der Waals surface area contributed by atoms with E-state index in [2.05, 4.69) is 23.1 Å². The number of aromatic nitrogens is 2. The first kappa shape index (κ1) is 8.26. The van der Waals surface area contributed by atoms with E-state index in [0.717, 1.165) is 0 Å². The molecule has 0 atom stereocenters. The molecule has 0 radical (unpaired) electrons. The van der Waals surface area contributed by atoms with Gasteiger partial charge in [-0.2, -0.15) is 0 Å². The first-order valence-corrected chi connectivity index (χ1v) is 3.24. The summed E-state index contributed by atoms with van der Waals surface area (Å²) in [5, 5.41) is 0. The predicted octanol–water partition coefficient (Wildman–Crippen LogP) is 1.52. The molecule has 62 valence electrons. The van der Waals surface area contributed by atoms with Crippen LogP contribution in [0.15, 0.2) is 38.1 Å². The molecular formula is C8H8N2O2. The van der Waals surface area contributed by atoms with Gasteiger partial charge in [-0.25, -0.2) is 9.97 Å². The molecule has 0 aliphatic carbocycles. The molecule has 0 N–H and O–H groups in total. The summed E-state index contributed by atoms with van der Waals surface area (Å²) in [5.41, 5.74) is 0. The minimum Gasteiger partial charge on any atom is -0.447 e. The Morgan fingerprint density at radius 2 is 1.58 bits per heavy atom. The molecule has 0 saturated carbocycles. The van der Waals surface area contributed by atoms with Gasteiger partial charge < -0.3 is 9.47 Å². The summed E-state index contributed by atoms with van der Waals surface area (Å²) in [6.07, 6.45) is 3.89. The van der Waals surface area contributed by atoms with Gasteiger partial charge in [0, 0.05) is 0 Å². The zero-order valence-electron chi connectivity index (χ0n) is 6.43.